The van der Waals surface area contributed by atoms with Gasteiger partial charge in [-0.15, -0.1) is 0 Å². The van der Waals surface area contributed by atoms with E-state index in [1.54, 1.807) is 6.07 Å². The molecule has 1 aromatic rings. The lowest BCUT2D eigenvalue weighted by molar-refractivity contribution is -0.114. The quantitative estimate of drug-likeness (QED) is 0.829. The van der Waals surface area contributed by atoms with Crippen molar-refractivity contribution in [2.75, 3.05) is 11.9 Å². The van der Waals surface area contributed by atoms with Crippen molar-refractivity contribution in [1.29, 1.82) is 0 Å². The summed E-state index contributed by atoms with van der Waals surface area (Å²) >= 11 is 0. The molecule has 1 amide bonds. The maximum Gasteiger partial charge on any atom is 0.239 e. The van der Waals surface area contributed by atoms with Crippen molar-refractivity contribution < 1.29 is 4.79 Å². The van der Waals surface area contributed by atoms with Crippen molar-refractivity contribution in [3.05, 3.63) is 42.1 Å². The fraction of sp³-hybridized carbons (Fsp3) is 0.231. The lowest BCUT2D eigenvalue weighted by Gasteiger charge is -2.08. The van der Waals surface area contributed by atoms with E-state index >= 15 is 0 Å². The third-order valence-corrected chi connectivity index (χ3v) is 2.49. The highest BCUT2D eigenvalue weighted by atomic mass is 16.1. The van der Waals surface area contributed by atoms with Crippen LogP contribution in [0.4, 0.5) is 5.82 Å². The van der Waals surface area contributed by atoms with Crippen molar-refractivity contribution in [3.8, 4) is 0 Å². The van der Waals surface area contributed by atoms with Crippen LogP contribution in [0.15, 0.2) is 36.4 Å². The standard InChI is InChI=1S/C13H15N3O/c14-9-13(17)16-12-8-4-7-11(15-12)10-5-2-1-3-6-10/h2,4-8H,1,3,9,14H2,(H,15,16,17). The first-order valence-corrected chi connectivity index (χ1v) is 5.63. The van der Waals surface area contributed by atoms with Gasteiger partial charge in [0.25, 0.3) is 0 Å². The number of nitrogens with zero attached hydrogens (tertiary/aromatic N) is 1. The van der Waals surface area contributed by atoms with Crippen molar-refractivity contribution in [2.45, 2.75) is 12.8 Å². The van der Waals surface area contributed by atoms with Crippen LogP contribution in [0, 0.1) is 0 Å². The van der Waals surface area contributed by atoms with Gasteiger partial charge in [0, 0.05) is 0 Å². The van der Waals surface area contributed by atoms with Gasteiger partial charge in [-0.05, 0) is 30.5 Å². The van der Waals surface area contributed by atoms with Gasteiger partial charge in [-0.1, -0.05) is 24.3 Å². The number of amides is 1. The average molecular weight is 229 g/mol. The van der Waals surface area contributed by atoms with Crippen molar-refractivity contribution in [1.82, 2.24) is 4.98 Å². The molecule has 4 nitrogen and oxygen atoms in total. The molecule has 0 saturated carbocycles. The Morgan fingerprint density at radius 3 is 3.00 bits per heavy atom. The lowest BCUT2D eigenvalue weighted by atomic mass is 10.0. The molecule has 0 atom stereocenters. The summed E-state index contributed by atoms with van der Waals surface area (Å²) in [5.41, 5.74) is 7.21. The lowest BCUT2D eigenvalue weighted by Crippen LogP contribution is -2.22. The van der Waals surface area contributed by atoms with Gasteiger partial charge >= 0.3 is 0 Å². The Morgan fingerprint density at radius 1 is 1.41 bits per heavy atom. The molecular formula is C13H15N3O. The summed E-state index contributed by atoms with van der Waals surface area (Å²) in [6.07, 6.45) is 8.44. The number of rotatable bonds is 3. The normalized spacial score (nSPS) is 14.3. The second-order valence-corrected chi connectivity index (χ2v) is 3.80. The van der Waals surface area contributed by atoms with E-state index in [0.717, 1.165) is 24.1 Å². The summed E-state index contributed by atoms with van der Waals surface area (Å²) in [5, 5.41) is 2.64. The zero-order valence-corrected chi connectivity index (χ0v) is 9.52. The van der Waals surface area contributed by atoms with E-state index in [0.29, 0.717) is 5.82 Å². The van der Waals surface area contributed by atoms with E-state index in [1.807, 2.05) is 12.1 Å². The van der Waals surface area contributed by atoms with Crippen LogP contribution in [-0.2, 0) is 4.79 Å². The number of allylic oxidation sites excluding steroid dienone is 4. The maximum atomic E-state index is 11.2. The van der Waals surface area contributed by atoms with Gasteiger partial charge < -0.3 is 11.1 Å². The Balaban J connectivity index is 2.19. The van der Waals surface area contributed by atoms with Crippen LogP contribution >= 0.6 is 0 Å². The maximum absolute atomic E-state index is 11.2. The van der Waals surface area contributed by atoms with Crippen LogP contribution in [0.1, 0.15) is 18.5 Å². The predicted octanol–water partition coefficient (Wildman–Crippen LogP) is 1.71. The molecule has 0 radical (unpaired) electrons. The van der Waals surface area contributed by atoms with E-state index in [9.17, 15) is 4.79 Å². The highest BCUT2D eigenvalue weighted by Gasteiger charge is 2.05. The van der Waals surface area contributed by atoms with Crippen LogP contribution in [0.2, 0.25) is 0 Å². The second-order valence-electron chi connectivity index (χ2n) is 3.80. The van der Waals surface area contributed by atoms with Crippen molar-refractivity contribution >= 4 is 17.3 Å². The molecule has 17 heavy (non-hydrogen) atoms. The molecule has 1 heterocycles. The summed E-state index contributed by atoms with van der Waals surface area (Å²) in [7, 11) is 0. The largest absolute Gasteiger partial charge is 0.322 e. The minimum absolute atomic E-state index is 0.0332. The zero-order chi connectivity index (χ0) is 12.1. The van der Waals surface area contributed by atoms with Gasteiger partial charge in [0.1, 0.15) is 5.82 Å². The molecule has 1 aliphatic rings. The first kappa shape index (κ1) is 11.5. The first-order valence-electron chi connectivity index (χ1n) is 5.63. The number of hydrogen-bond acceptors (Lipinski definition) is 3. The van der Waals surface area contributed by atoms with Gasteiger partial charge in [0.15, 0.2) is 0 Å². The number of carbonyl (C=O) groups excluding carboxylic acids is 1. The van der Waals surface area contributed by atoms with E-state index in [-0.39, 0.29) is 12.5 Å². The van der Waals surface area contributed by atoms with Crippen LogP contribution in [-0.4, -0.2) is 17.4 Å². The number of aromatic nitrogens is 1. The molecular weight excluding hydrogens is 214 g/mol. The highest BCUT2D eigenvalue weighted by molar-refractivity contribution is 5.91. The third-order valence-electron chi connectivity index (χ3n) is 2.49. The summed E-state index contributed by atoms with van der Waals surface area (Å²) in [5.74, 6) is 0.306. The van der Waals surface area contributed by atoms with Crippen LogP contribution in [0.3, 0.4) is 0 Å². The molecule has 1 aliphatic carbocycles. The molecule has 0 saturated heterocycles. The molecule has 4 heteroatoms. The average Bonchev–Trinajstić information content (AvgIpc) is 2.40. The van der Waals surface area contributed by atoms with E-state index in [4.69, 9.17) is 5.73 Å². The van der Waals surface area contributed by atoms with Crippen molar-refractivity contribution in [2.24, 2.45) is 5.73 Å². The number of anilines is 1. The Labute approximate surface area is 100 Å². The number of carbonyl (C=O) groups is 1. The SMILES string of the molecule is NCC(=O)Nc1cccc(C2=CCCC=C2)n1. The van der Waals surface area contributed by atoms with Crippen LogP contribution in [0.5, 0.6) is 0 Å². The smallest absolute Gasteiger partial charge is 0.239 e. The first-order chi connectivity index (χ1) is 8.29. The Morgan fingerprint density at radius 2 is 2.29 bits per heavy atom. The van der Waals surface area contributed by atoms with E-state index in [2.05, 4.69) is 28.5 Å². The summed E-state index contributed by atoms with van der Waals surface area (Å²) in [6.45, 7) is -0.0332. The monoisotopic (exact) mass is 229 g/mol. The molecule has 0 spiro atoms. The number of nitrogens with one attached hydrogen (secondary N) is 1. The minimum Gasteiger partial charge on any atom is -0.322 e. The minimum atomic E-state index is -0.234. The predicted molar refractivity (Wildman–Crippen MR) is 68.3 cm³/mol. The molecule has 0 aromatic carbocycles. The number of pyridine rings is 1. The fourth-order valence-corrected chi connectivity index (χ4v) is 1.66. The molecule has 0 unspecified atom stereocenters. The van der Waals surface area contributed by atoms with Gasteiger partial charge in [-0.25, -0.2) is 4.98 Å². The van der Waals surface area contributed by atoms with Crippen molar-refractivity contribution in [3.63, 3.8) is 0 Å². The second kappa shape index (κ2) is 5.41. The zero-order valence-electron chi connectivity index (χ0n) is 9.52. The fourth-order valence-electron chi connectivity index (χ4n) is 1.66. The van der Waals surface area contributed by atoms with E-state index < -0.39 is 0 Å². The molecule has 0 bridgehead atoms. The molecule has 0 fully saturated rings. The Kier molecular flexibility index (Phi) is 3.67. The third kappa shape index (κ3) is 3.01. The summed E-state index contributed by atoms with van der Waals surface area (Å²) in [6, 6.07) is 5.56. The molecule has 1 aromatic heterocycles. The van der Waals surface area contributed by atoms with Crippen LogP contribution < -0.4 is 11.1 Å². The molecule has 2 rings (SSSR count). The summed E-state index contributed by atoms with van der Waals surface area (Å²) < 4.78 is 0. The number of hydrogen-bond donors (Lipinski definition) is 2. The highest BCUT2D eigenvalue weighted by Crippen LogP contribution is 2.20. The summed E-state index contributed by atoms with van der Waals surface area (Å²) in [4.78, 5) is 15.5. The molecule has 0 aliphatic heterocycles. The molecule has 88 valence electrons. The van der Waals surface area contributed by atoms with Crippen LogP contribution in [0.25, 0.3) is 5.57 Å². The van der Waals surface area contributed by atoms with Gasteiger partial charge in [-0.2, -0.15) is 0 Å². The Hall–Kier alpha value is -1.94. The molecule has 3 N–H and O–H groups in total. The van der Waals surface area contributed by atoms with Gasteiger partial charge in [-0.3, -0.25) is 4.79 Å². The topological polar surface area (TPSA) is 68.0 Å². The van der Waals surface area contributed by atoms with E-state index in [1.165, 1.54) is 0 Å². The van der Waals surface area contributed by atoms with Gasteiger partial charge in [0.05, 0.1) is 12.2 Å². The Bertz CT molecular complexity index is 477. The number of nitrogens with two attached hydrogens (primary N) is 1. The van der Waals surface area contributed by atoms with Gasteiger partial charge in [0.2, 0.25) is 5.91 Å².